The van der Waals surface area contributed by atoms with Crippen LogP contribution in [0.15, 0.2) is 34.0 Å². The fraction of sp³-hybridized carbons (Fsp3) is 0.435. The first-order valence-corrected chi connectivity index (χ1v) is 13.2. The van der Waals surface area contributed by atoms with Crippen molar-refractivity contribution in [1.29, 1.82) is 0 Å². The third-order valence-electron chi connectivity index (χ3n) is 6.15. The molecular weight excluding hydrogens is 464 g/mol. The summed E-state index contributed by atoms with van der Waals surface area (Å²) in [4.78, 5) is 40.6. The van der Waals surface area contributed by atoms with Gasteiger partial charge in [0.2, 0.25) is 5.91 Å². The van der Waals surface area contributed by atoms with E-state index in [1.807, 2.05) is 29.2 Å². The molecule has 1 fully saturated rings. The lowest BCUT2D eigenvalue weighted by atomic mass is 9.97. The van der Waals surface area contributed by atoms with Gasteiger partial charge in [-0.1, -0.05) is 11.6 Å². The molecule has 0 atom stereocenters. The second kappa shape index (κ2) is 9.55. The molecule has 9 heteroatoms. The van der Waals surface area contributed by atoms with Crippen molar-refractivity contribution in [1.82, 2.24) is 19.8 Å². The number of H-pyrrole nitrogens is 1. The number of hydrogen-bond acceptors (Lipinski definition) is 6. The summed E-state index contributed by atoms with van der Waals surface area (Å²) in [5, 5.41) is 1.51. The molecule has 1 saturated heterocycles. The van der Waals surface area contributed by atoms with Crippen molar-refractivity contribution in [2.24, 2.45) is 0 Å². The van der Waals surface area contributed by atoms with E-state index in [0.717, 1.165) is 53.3 Å². The van der Waals surface area contributed by atoms with Gasteiger partial charge in [-0.3, -0.25) is 14.5 Å². The smallest absolute Gasteiger partial charge is 0.259 e. The molecule has 3 heterocycles. The van der Waals surface area contributed by atoms with Crippen molar-refractivity contribution in [2.75, 3.05) is 31.9 Å². The van der Waals surface area contributed by atoms with E-state index >= 15 is 0 Å². The van der Waals surface area contributed by atoms with Crippen LogP contribution < -0.4 is 5.56 Å². The number of benzene rings is 1. The molecule has 0 saturated carbocycles. The molecule has 6 nitrogen and oxygen atoms in total. The van der Waals surface area contributed by atoms with Crippen molar-refractivity contribution in [3.63, 3.8) is 0 Å². The molecule has 2 aromatic heterocycles. The first kappa shape index (κ1) is 21.9. The number of aromatic nitrogens is 2. The lowest BCUT2D eigenvalue weighted by molar-refractivity contribution is -0.130. The molecular formula is C23H25ClN4O2S2. The molecule has 0 spiro atoms. The summed E-state index contributed by atoms with van der Waals surface area (Å²) >= 11 is 9.14. The highest BCUT2D eigenvalue weighted by Gasteiger charge is 2.23. The molecule has 1 aliphatic heterocycles. The van der Waals surface area contributed by atoms with Crippen LogP contribution in [0.2, 0.25) is 5.02 Å². The van der Waals surface area contributed by atoms with Gasteiger partial charge in [0, 0.05) is 41.0 Å². The van der Waals surface area contributed by atoms with Gasteiger partial charge in [0.25, 0.3) is 5.56 Å². The number of aromatic amines is 1. The summed E-state index contributed by atoms with van der Waals surface area (Å²) in [5.41, 5.74) is 1.22. The maximum Gasteiger partial charge on any atom is 0.259 e. The fourth-order valence-corrected chi connectivity index (χ4v) is 6.63. The third-order valence-corrected chi connectivity index (χ3v) is 8.58. The van der Waals surface area contributed by atoms with Gasteiger partial charge in [-0.15, -0.1) is 23.1 Å². The van der Waals surface area contributed by atoms with Crippen molar-refractivity contribution in [3.05, 3.63) is 55.9 Å². The van der Waals surface area contributed by atoms with Crippen molar-refractivity contribution >= 4 is 50.8 Å². The summed E-state index contributed by atoms with van der Waals surface area (Å²) in [6, 6.07) is 7.56. The van der Waals surface area contributed by atoms with Gasteiger partial charge < -0.3 is 9.88 Å². The molecule has 1 N–H and O–H groups in total. The highest BCUT2D eigenvalue weighted by Crippen LogP contribution is 2.33. The fourth-order valence-electron chi connectivity index (χ4n) is 4.42. The van der Waals surface area contributed by atoms with E-state index in [4.69, 9.17) is 16.6 Å². The Balaban J connectivity index is 1.17. The van der Waals surface area contributed by atoms with E-state index < -0.39 is 0 Å². The van der Waals surface area contributed by atoms with Gasteiger partial charge >= 0.3 is 0 Å². The normalized spacial score (nSPS) is 17.0. The van der Waals surface area contributed by atoms with Gasteiger partial charge in [0.15, 0.2) is 0 Å². The third kappa shape index (κ3) is 4.73. The number of nitrogens with zero attached hydrogens (tertiary/aromatic N) is 3. The largest absolute Gasteiger partial charge is 0.339 e. The number of nitrogens with one attached hydrogen (secondary N) is 1. The first-order chi connectivity index (χ1) is 15.6. The molecule has 0 unspecified atom stereocenters. The molecule has 2 aliphatic rings. The zero-order chi connectivity index (χ0) is 22.1. The van der Waals surface area contributed by atoms with Crippen molar-refractivity contribution in [2.45, 2.75) is 37.1 Å². The summed E-state index contributed by atoms with van der Waals surface area (Å²) in [7, 11) is 0. The molecule has 3 aromatic rings. The molecule has 1 aromatic carbocycles. The predicted octanol–water partition coefficient (Wildman–Crippen LogP) is 3.95. The highest BCUT2D eigenvalue weighted by molar-refractivity contribution is 8.00. The van der Waals surface area contributed by atoms with Gasteiger partial charge in [0.05, 0.1) is 17.7 Å². The SMILES string of the molecule is O=C(CSc1ccc(Cl)cc1)N1CCN(Cc2nc3sc4c(c3c(=O)[nH]2)CCCC4)CC1. The molecule has 0 radical (unpaired) electrons. The summed E-state index contributed by atoms with van der Waals surface area (Å²) in [6.45, 7) is 3.55. The second-order valence-corrected chi connectivity index (χ2v) is 10.9. The van der Waals surface area contributed by atoms with Crippen LogP contribution in [0.25, 0.3) is 10.2 Å². The quantitative estimate of drug-likeness (QED) is 0.550. The van der Waals surface area contributed by atoms with E-state index in [-0.39, 0.29) is 11.5 Å². The zero-order valence-electron chi connectivity index (χ0n) is 17.7. The van der Waals surface area contributed by atoms with Crippen LogP contribution in [0.1, 0.15) is 29.1 Å². The monoisotopic (exact) mass is 488 g/mol. The molecule has 5 rings (SSSR count). The number of thiophene rings is 1. The Hall–Kier alpha value is -1.87. The van der Waals surface area contributed by atoms with E-state index in [0.29, 0.717) is 30.4 Å². The second-order valence-electron chi connectivity index (χ2n) is 8.30. The van der Waals surface area contributed by atoms with Gasteiger partial charge in [0.1, 0.15) is 10.7 Å². The summed E-state index contributed by atoms with van der Waals surface area (Å²) in [5.74, 6) is 1.30. The number of piperazine rings is 1. The molecule has 1 amide bonds. The average Bonchev–Trinajstić information content (AvgIpc) is 3.18. The number of carbonyl (C=O) groups excluding carboxylic acids is 1. The summed E-state index contributed by atoms with van der Waals surface area (Å²) < 4.78 is 0. The number of thioether (sulfide) groups is 1. The number of rotatable bonds is 5. The van der Waals surface area contributed by atoms with Crippen LogP contribution in [-0.2, 0) is 24.2 Å². The predicted molar refractivity (Wildman–Crippen MR) is 131 cm³/mol. The minimum absolute atomic E-state index is 0.00237. The maximum atomic E-state index is 12.8. The number of halogens is 1. The lowest BCUT2D eigenvalue weighted by Gasteiger charge is -2.34. The van der Waals surface area contributed by atoms with Crippen molar-refractivity contribution in [3.8, 4) is 0 Å². The highest BCUT2D eigenvalue weighted by atomic mass is 35.5. The van der Waals surface area contributed by atoms with E-state index in [1.165, 1.54) is 28.6 Å². The lowest BCUT2D eigenvalue weighted by Crippen LogP contribution is -2.49. The van der Waals surface area contributed by atoms with Crippen LogP contribution in [0.5, 0.6) is 0 Å². The Kier molecular flexibility index (Phi) is 6.55. The van der Waals surface area contributed by atoms with Crippen LogP contribution in [0.4, 0.5) is 0 Å². The Labute approximate surface area is 200 Å². The minimum atomic E-state index is -0.00237. The standard InChI is InChI=1S/C23H25ClN4O2S2/c24-15-5-7-16(8-6-15)31-14-20(29)28-11-9-27(10-12-28)13-19-25-22(30)21-17-3-1-2-4-18(17)32-23(21)26-19/h5-8H,1-4,9-14H2,(H,25,26,30). The molecule has 168 valence electrons. The van der Waals surface area contributed by atoms with Crippen LogP contribution in [0, 0.1) is 0 Å². The number of aryl methyl sites for hydroxylation is 2. The van der Waals surface area contributed by atoms with Gasteiger partial charge in [-0.2, -0.15) is 0 Å². The molecule has 32 heavy (non-hydrogen) atoms. The van der Waals surface area contributed by atoms with Crippen molar-refractivity contribution < 1.29 is 4.79 Å². The topological polar surface area (TPSA) is 69.3 Å². The summed E-state index contributed by atoms with van der Waals surface area (Å²) in [6.07, 6.45) is 4.41. The first-order valence-electron chi connectivity index (χ1n) is 11.0. The average molecular weight is 489 g/mol. The van der Waals surface area contributed by atoms with Crippen LogP contribution in [0.3, 0.4) is 0 Å². The van der Waals surface area contributed by atoms with Crippen LogP contribution in [-0.4, -0.2) is 57.6 Å². The van der Waals surface area contributed by atoms with E-state index in [2.05, 4.69) is 9.88 Å². The molecule has 1 aliphatic carbocycles. The Bertz CT molecular complexity index is 1180. The van der Waals surface area contributed by atoms with Crippen LogP contribution >= 0.6 is 34.7 Å². The number of carbonyl (C=O) groups is 1. The zero-order valence-corrected chi connectivity index (χ0v) is 20.1. The Morgan fingerprint density at radius 2 is 1.88 bits per heavy atom. The number of hydrogen-bond donors (Lipinski definition) is 1. The van der Waals surface area contributed by atoms with E-state index in [1.54, 1.807) is 11.3 Å². The van der Waals surface area contributed by atoms with E-state index in [9.17, 15) is 9.59 Å². The number of amides is 1. The van der Waals surface area contributed by atoms with Gasteiger partial charge in [-0.25, -0.2) is 4.98 Å². The minimum Gasteiger partial charge on any atom is -0.339 e. The number of fused-ring (bicyclic) bond motifs is 3. The Morgan fingerprint density at radius 3 is 2.66 bits per heavy atom. The maximum absolute atomic E-state index is 12.8. The van der Waals surface area contributed by atoms with Gasteiger partial charge in [-0.05, 0) is 55.5 Å². The molecule has 0 bridgehead atoms. The Morgan fingerprint density at radius 1 is 1.12 bits per heavy atom.